The molecule has 0 rings (SSSR count). The molecule has 0 fully saturated rings. The zero-order valence-corrected chi connectivity index (χ0v) is 11.0. The van der Waals surface area contributed by atoms with Gasteiger partial charge >= 0.3 is 6.18 Å². The smallest absolute Gasteiger partial charge is 0.385 e. The maximum Gasteiger partial charge on any atom is 0.404 e. The Hall–Kier alpha value is -0.370. The highest BCUT2D eigenvalue weighted by atomic mass is 19.4. The molecule has 18 heavy (non-hydrogen) atoms. The fourth-order valence-corrected chi connectivity index (χ4v) is 1.76. The predicted molar refractivity (Wildman–Crippen MR) is 63.5 cm³/mol. The molecule has 4 nitrogen and oxygen atoms in total. The van der Waals surface area contributed by atoms with Gasteiger partial charge in [0.05, 0.1) is 6.61 Å². The van der Waals surface area contributed by atoms with E-state index in [1.54, 1.807) is 0 Å². The lowest BCUT2D eigenvalue weighted by atomic mass is 10.1. The molecule has 0 spiro atoms. The van der Waals surface area contributed by atoms with Gasteiger partial charge in [0.2, 0.25) is 0 Å². The van der Waals surface area contributed by atoms with Crippen molar-refractivity contribution in [2.24, 2.45) is 5.73 Å². The lowest BCUT2D eigenvalue weighted by Crippen LogP contribution is -2.48. The van der Waals surface area contributed by atoms with Gasteiger partial charge in [-0.15, -0.1) is 0 Å². The predicted octanol–water partition coefficient (Wildman–Crippen LogP) is 1.25. The number of nitrogens with two attached hydrogens (primary N) is 1. The third kappa shape index (κ3) is 7.15. The summed E-state index contributed by atoms with van der Waals surface area (Å²) >= 11 is 0. The Labute approximate surface area is 106 Å². The molecule has 0 bridgehead atoms. The number of hydrogen-bond donors (Lipinski definition) is 1. The molecule has 0 aromatic rings. The first-order valence-corrected chi connectivity index (χ1v) is 5.96. The molecule has 2 N–H and O–H groups in total. The van der Waals surface area contributed by atoms with Gasteiger partial charge in [-0.25, -0.2) is 0 Å². The van der Waals surface area contributed by atoms with Crippen molar-refractivity contribution in [2.75, 3.05) is 47.1 Å². The Balaban J connectivity index is 4.52. The average molecular weight is 272 g/mol. The molecule has 110 valence electrons. The summed E-state index contributed by atoms with van der Waals surface area (Å²) in [5.74, 6) is 0. The minimum Gasteiger partial charge on any atom is -0.385 e. The van der Waals surface area contributed by atoms with Gasteiger partial charge in [0.15, 0.2) is 0 Å². The summed E-state index contributed by atoms with van der Waals surface area (Å²) in [5.41, 5.74) is 5.26. The summed E-state index contributed by atoms with van der Waals surface area (Å²) in [7, 11) is 3.00. The van der Waals surface area contributed by atoms with E-state index >= 15 is 0 Å². The van der Waals surface area contributed by atoms with Crippen LogP contribution in [-0.4, -0.2) is 64.2 Å². The molecule has 0 aromatic carbocycles. The lowest BCUT2D eigenvalue weighted by molar-refractivity contribution is -0.186. The molecule has 0 saturated carbocycles. The van der Waals surface area contributed by atoms with Crippen LogP contribution in [0.3, 0.4) is 0 Å². The molecule has 1 atom stereocenters. The van der Waals surface area contributed by atoms with Gasteiger partial charge in [-0.3, -0.25) is 4.90 Å². The number of halogens is 3. The number of rotatable bonds is 10. The Bertz CT molecular complexity index is 203. The molecule has 0 aliphatic heterocycles. The minimum absolute atomic E-state index is 0.0118. The number of methoxy groups -OCH3 is 2. The van der Waals surface area contributed by atoms with Crippen LogP contribution in [0.25, 0.3) is 0 Å². The Kier molecular flexibility index (Phi) is 9.35. The van der Waals surface area contributed by atoms with Gasteiger partial charge in [0.1, 0.15) is 6.04 Å². The highest BCUT2D eigenvalue weighted by molar-refractivity contribution is 4.79. The van der Waals surface area contributed by atoms with Gasteiger partial charge in [0.25, 0.3) is 0 Å². The Morgan fingerprint density at radius 3 is 2.17 bits per heavy atom. The maximum absolute atomic E-state index is 12.9. The van der Waals surface area contributed by atoms with Gasteiger partial charge in [0, 0.05) is 33.9 Å². The monoisotopic (exact) mass is 272 g/mol. The van der Waals surface area contributed by atoms with Crippen molar-refractivity contribution in [2.45, 2.75) is 25.1 Å². The maximum atomic E-state index is 12.9. The van der Waals surface area contributed by atoms with Crippen molar-refractivity contribution in [3.05, 3.63) is 0 Å². The summed E-state index contributed by atoms with van der Waals surface area (Å²) in [6.45, 7) is 1.28. The first-order chi connectivity index (χ1) is 8.47. The van der Waals surface area contributed by atoms with Gasteiger partial charge in [-0.2, -0.15) is 13.2 Å². The van der Waals surface area contributed by atoms with E-state index in [-0.39, 0.29) is 26.1 Å². The first kappa shape index (κ1) is 17.6. The van der Waals surface area contributed by atoms with E-state index in [1.807, 2.05) is 0 Å². The molecule has 1 unspecified atom stereocenters. The van der Waals surface area contributed by atoms with Crippen LogP contribution >= 0.6 is 0 Å². The summed E-state index contributed by atoms with van der Waals surface area (Å²) < 4.78 is 48.5. The largest absolute Gasteiger partial charge is 0.404 e. The van der Waals surface area contributed by atoms with Crippen LogP contribution in [0.4, 0.5) is 13.2 Å². The van der Waals surface area contributed by atoms with Crippen molar-refractivity contribution in [3.8, 4) is 0 Å². The fourth-order valence-electron chi connectivity index (χ4n) is 1.76. The van der Waals surface area contributed by atoms with E-state index in [9.17, 15) is 13.2 Å². The Morgan fingerprint density at radius 1 is 1.11 bits per heavy atom. The average Bonchev–Trinajstić information content (AvgIpc) is 2.30. The van der Waals surface area contributed by atoms with Crippen molar-refractivity contribution >= 4 is 0 Å². The molecule has 0 aliphatic rings. The summed E-state index contributed by atoms with van der Waals surface area (Å²) in [5, 5.41) is 0. The van der Waals surface area contributed by atoms with Crippen LogP contribution in [0, 0.1) is 0 Å². The fraction of sp³-hybridized carbons (Fsp3) is 1.00. The zero-order chi connectivity index (χ0) is 14.0. The standard InChI is InChI=1S/C11H23F3N2O2/c1-17-8-3-6-16(7-9-18-2)10(4-5-15)11(12,13)14/h10H,3-9,15H2,1-2H3. The van der Waals surface area contributed by atoms with Crippen LogP contribution in [0.1, 0.15) is 12.8 Å². The third-order valence-corrected chi connectivity index (χ3v) is 2.64. The van der Waals surface area contributed by atoms with Gasteiger partial charge < -0.3 is 15.2 Å². The third-order valence-electron chi connectivity index (χ3n) is 2.64. The van der Waals surface area contributed by atoms with Crippen LogP contribution in [0.2, 0.25) is 0 Å². The van der Waals surface area contributed by atoms with E-state index in [1.165, 1.54) is 19.1 Å². The van der Waals surface area contributed by atoms with E-state index in [0.717, 1.165) is 0 Å². The molecule has 0 aliphatic carbocycles. The summed E-state index contributed by atoms with van der Waals surface area (Å²) in [4.78, 5) is 1.37. The molecule has 0 amide bonds. The summed E-state index contributed by atoms with van der Waals surface area (Å²) in [6, 6.07) is -1.51. The molecule has 0 radical (unpaired) electrons. The van der Waals surface area contributed by atoms with Crippen LogP contribution in [0.5, 0.6) is 0 Å². The van der Waals surface area contributed by atoms with Crippen molar-refractivity contribution < 1.29 is 22.6 Å². The molecule has 7 heteroatoms. The van der Waals surface area contributed by atoms with E-state index < -0.39 is 12.2 Å². The van der Waals surface area contributed by atoms with E-state index in [4.69, 9.17) is 15.2 Å². The number of ether oxygens (including phenoxy) is 2. The van der Waals surface area contributed by atoms with Crippen LogP contribution in [0.15, 0.2) is 0 Å². The first-order valence-electron chi connectivity index (χ1n) is 5.96. The lowest BCUT2D eigenvalue weighted by Gasteiger charge is -2.32. The molecule has 0 saturated heterocycles. The van der Waals surface area contributed by atoms with Crippen molar-refractivity contribution in [1.29, 1.82) is 0 Å². The number of alkyl halides is 3. The van der Waals surface area contributed by atoms with E-state index in [0.29, 0.717) is 19.6 Å². The van der Waals surface area contributed by atoms with Crippen molar-refractivity contribution in [1.82, 2.24) is 4.90 Å². The molecular weight excluding hydrogens is 249 g/mol. The second kappa shape index (κ2) is 9.55. The van der Waals surface area contributed by atoms with E-state index in [2.05, 4.69) is 0 Å². The zero-order valence-electron chi connectivity index (χ0n) is 11.0. The second-order valence-electron chi connectivity index (χ2n) is 4.01. The highest BCUT2D eigenvalue weighted by Crippen LogP contribution is 2.27. The number of nitrogens with zero attached hydrogens (tertiary/aromatic N) is 1. The Morgan fingerprint density at radius 2 is 1.72 bits per heavy atom. The van der Waals surface area contributed by atoms with Crippen LogP contribution in [-0.2, 0) is 9.47 Å². The summed E-state index contributed by atoms with van der Waals surface area (Å²) in [6.07, 6.45) is -3.81. The second-order valence-corrected chi connectivity index (χ2v) is 4.01. The number of hydrogen-bond acceptors (Lipinski definition) is 4. The normalized spacial score (nSPS) is 14.2. The quantitative estimate of drug-likeness (QED) is 0.608. The van der Waals surface area contributed by atoms with Gasteiger partial charge in [-0.05, 0) is 19.4 Å². The molecule has 0 aromatic heterocycles. The highest BCUT2D eigenvalue weighted by Gasteiger charge is 2.42. The minimum atomic E-state index is -4.26. The topological polar surface area (TPSA) is 47.7 Å². The van der Waals surface area contributed by atoms with Crippen LogP contribution < -0.4 is 5.73 Å². The SMILES string of the molecule is COCCCN(CCOC)C(CCN)C(F)(F)F. The van der Waals surface area contributed by atoms with Crippen molar-refractivity contribution in [3.63, 3.8) is 0 Å². The molecule has 0 heterocycles. The van der Waals surface area contributed by atoms with Gasteiger partial charge in [-0.1, -0.05) is 0 Å². The molecular formula is C11H23F3N2O2.